The van der Waals surface area contributed by atoms with Crippen LogP contribution in [0.25, 0.3) is 0 Å². The van der Waals surface area contributed by atoms with Gasteiger partial charge in [-0.2, -0.15) is 0 Å². The lowest BCUT2D eigenvalue weighted by Crippen LogP contribution is -2.43. The molecule has 1 unspecified atom stereocenters. The number of nitrogens with zero attached hydrogens (tertiary/aromatic N) is 3. The lowest BCUT2D eigenvalue weighted by molar-refractivity contribution is 0.185. The molecule has 2 heterocycles. The van der Waals surface area contributed by atoms with E-state index in [4.69, 9.17) is 0 Å². The van der Waals surface area contributed by atoms with Crippen LogP contribution in [0.15, 0.2) is 30.5 Å². The Morgan fingerprint density at radius 2 is 1.96 bits per heavy atom. The van der Waals surface area contributed by atoms with E-state index in [1.165, 1.54) is 29.5 Å². The summed E-state index contributed by atoms with van der Waals surface area (Å²) in [4.78, 5) is 11.4. The van der Waals surface area contributed by atoms with Crippen LogP contribution in [0.2, 0.25) is 0 Å². The van der Waals surface area contributed by atoms with Crippen molar-refractivity contribution < 1.29 is 0 Å². The molecule has 1 aliphatic heterocycles. The smallest absolute Gasteiger partial charge is 0.125 e. The third kappa shape index (κ3) is 4.86. The Morgan fingerprint density at radius 3 is 2.64 bits per heavy atom. The fourth-order valence-electron chi connectivity index (χ4n) is 3.79. The summed E-state index contributed by atoms with van der Waals surface area (Å²) in [7, 11) is 0. The van der Waals surface area contributed by atoms with Crippen molar-refractivity contribution in [3.8, 4) is 0 Å². The van der Waals surface area contributed by atoms with Gasteiger partial charge in [0.25, 0.3) is 0 Å². The number of piperidine rings is 1. The Hall–Kier alpha value is -1.78. The number of likely N-dealkylation sites (tertiary alicyclic amines) is 1. The summed E-state index contributed by atoms with van der Waals surface area (Å²) < 4.78 is 0. The molecule has 0 radical (unpaired) electrons. The molecule has 134 valence electrons. The normalized spacial score (nSPS) is 17.6. The van der Waals surface area contributed by atoms with Gasteiger partial charge in [0.1, 0.15) is 5.82 Å². The van der Waals surface area contributed by atoms with Gasteiger partial charge < -0.3 is 5.32 Å². The van der Waals surface area contributed by atoms with E-state index in [0.717, 1.165) is 31.2 Å². The highest BCUT2D eigenvalue weighted by Crippen LogP contribution is 2.20. The monoisotopic (exact) mass is 338 g/mol. The van der Waals surface area contributed by atoms with Crippen molar-refractivity contribution in [2.75, 3.05) is 13.1 Å². The molecular formula is C21H30N4. The number of aromatic nitrogens is 2. The van der Waals surface area contributed by atoms with Crippen LogP contribution >= 0.6 is 0 Å². The van der Waals surface area contributed by atoms with E-state index >= 15 is 0 Å². The first-order valence-corrected chi connectivity index (χ1v) is 9.35. The van der Waals surface area contributed by atoms with E-state index in [-0.39, 0.29) is 0 Å². The van der Waals surface area contributed by atoms with Crippen molar-refractivity contribution in [1.82, 2.24) is 20.2 Å². The molecule has 0 bridgehead atoms. The third-order valence-electron chi connectivity index (χ3n) is 5.17. The molecule has 25 heavy (non-hydrogen) atoms. The van der Waals surface area contributed by atoms with Gasteiger partial charge in [0.05, 0.1) is 0 Å². The van der Waals surface area contributed by atoms with E-state index in [0.29, 0.717) is 12.1 Å². The Labute approximate surface area is 151 Å². The van der Waals surface area contributed by atoms with Crippen molar-refractivity contribution in [1.29, 1.82) is 0 Å². The third-order valence-corrected chi connectivity index (χ3v) is 5.17. The SMILES string of the molecule is Cc1cccc(CN2CCC(NC(C)c3cnc(C)nc3C)CC2)c1. The van der Waals surface area contributed by atoms with Crippen LogP contribution in [0.1, 0.15) is 54.0 Å². The summed E-state index contributed by atoms with van der Waals surface area (Å²) in [6.07, 6.45) is 4.37. The van der Waals surface area contributed by atoms with Crippen molar-refractivity contribution in [3.63, 3.8) is 0 Å². The molecule has 1 aliphatic rings. The van der Waals surface area contributed by atoms with E-state index in [1.54, 1.807) is 0 Å². The van der Waals surface area contributed by atoms with Crippen LogP contribution in [0, 0.1) is 20.8 Å². The first-order valence-electron chi connectivity index (χ1n) is 9.35. The zero-order valence-corrected chi connectivity index (χ0v) is 15.9. The summed E-state index contributed by atoms with van der Waals surface area (Å²) in [5.74, 6) is 0.845. The molecule has 0 aliphatic carbocycles. The summed E-state index contributed by atoms with van der Waals surface area (Å²) in [6, 6.07) is 9.73. The van der Waals surface area contributed by atoms with Crippen LogP contribution in [-0.2, 0) is 6.54 Å². The van der Waals surface area contributed by atoms with E-state index < -0.39 is 0 Å². The molecule has 4 heteroatoms. The van der Waals surface area contributed by atoms with Gasteiger partial charge in [-0.25, -0.2) is 9.97 Å². The Bertz CT molecular complexity index is 705. The van der Waals surface area contributed by atoms with Gasteiger partial charge in [-0.15, -0.1) is 0 Å². The summed E-state index contributed by atoms with van der Waals surface area (Å²) in [5.41, 5.74) is 5.07. The largest absolute Gasteiger partial charge is 0.307 e. The minimum atomic E-state index is 0.300. The molecule has 2 aromatic rings. The fraction of sp³-hybridized carbons (Fsp3) is 0.524. The van der Waals surface area contributed by atoms with Crippen LogP contribution in [-0.4, -0.2) is 34.0 Å². The first-order chi connectivity index (χ1) is 12.0. The fourth-order valence-corrected chi connectivity index (χ4v) is 3.79. The summed E-state index contributed by atoms with van der Waals surface area (Å²) >= 11 is 0. The average Bonchev–Trinajstić information content (AvgIpc) is 2.56. The minimum Gasteiger partial charge on any atom is -0.307 e. The van der Waals surface area contributed by atoms with Crippen LogP contribution in [0.5, 0.6) is 0 Å². The molecule has 1 aromatic heterocycles. The second kappa shape index (κ2) is 8.07. The average molecular weight is 338 g/mol. The molecule has 1 N–H and O–H groups in total. The number of hydrogen-bond acceptors (Lipinski definition) is 4. The maximum absolute atomic E-state index is 4.49. The van der Waals surface area contributed by atoms with Gasteiger partial charge in [-0.1, -0.05) is 29.8 Å². The van der Waals surface area contributed by atoms with Gasteiger partial charge in [0.2, 0.25) is 0 Å². The number of nitrogens with one attached hydrogen (secondary N) is 1. The quantitative estimate of drug-likeness (QED) is 0.902. The van der Waals surface area contributed by atoms with Crippen molar-refractivity contribution in [3.05, 3.63) is 58.7 Å². The molecular weight excluding hydrogens is 308 g/mol. The van der Waals surface area contributed by atoms with Gasteiger partial charge in [-0.3, -0.25) is 4.90 Å². The maximum atomic E-state index is 4.49. The number of rotatable bonds is 5. The van der Waals surface area contributed by atoms with Gasteiger partial charge in [0, 0.05) is 36.1 Å². The Balaban J connectivity index is 1.50. The van der Waals surface area contributed by atoms with Crippen LogP contribution in [0.3, 0.4) is 0 Å². The topological polar surface area (TPSA) is 41.0 Å². The van der Waals surface area contributed by atoms with Crippen LogP contribution < -0.4 is 5.32 Å². The number of aryl methyl sites for hydroxylation is 3. The first kappa shape index (κ1) is 18.0. The maximum Gasteiger partial charge on any atom is 0.125 e. The van der Waals surface area contributed by atoms with Crippen LogP contribution in [0.4, 0.5) is 0 Å². The second-order valence-electron chi connectivity index (χ2n) is 7.39. The standard InChI is InChI=1S/C21H30N4/c1-15-6-5-7-19(12-15)14-25-10-8-20(9-11-25)24-17(3)21-13-22-18(4)23-16(21)2/h5-7,12-13,17,20,24H,8-11,14H2,1-4H3. The Kier molecular flexibility index (Phi) is 5.82. The molecule has 4 nitrogen and oxygen atoms in total. The van der Waals surface area contributed by atoms with E-state index in [9.17, 15) is 0 Å². The van der Waals surface area contributed by atoms with Gasteiger partial charge in [-0.05, 0) is 59.2 Å². The summed E-state index contributed by atoms with van der Waals surface area (Å²) in [6.45, 7) is 11.8. The Morgan fingerprint density at radius 1 is 1.20 bits per heavy atom. The zero-order chi connectivity index (χ0) is 17.8. The zero-order valence-electron chi connectivity index (χ0n) is 15.9. The van der Waals surface area contributed by atoms with E-state index in [2.05, 4.69) is 65.2 Å². The molecule has 1 aromatic carbocycles. The molecule has 1 atom stereocenters. The number of benzene rings is 1. The lowest BCUT2D eigenvalue weighted by atomic mass is 10.0. The van der Waals surface area contributed by atoms with E-state index in [1.807, 2.05) is 13.1 Å². The highest BCUT2D eigenvalue weighted by atomic mass is 15.1. The predicted molar refractivity (Wildman–Crippen MR) is 103 cm³/mol. The number of hydrogen-bond donors (Lipinski definition) is 1. The molecule has 0 saturated carbocycles. The van der Waals surface area contributed by atoms with Crippen molar-refractivity contribution >= 4 is 0 Å². The predicted octanol–water partition coefficient (Wildman–Crippen LogP) is 3.72. The highest BCUT2D eigenvalue weighted by Gasteiger charge is 2.21. The highest BCUT2D eigenvalue weighted by molar-refractivity contribution is 5.22. The molecule has 1 fully saturated rings. The second-order valence-corrected chi connectivity index (χ2v) is 7.39. The summed E-state index contributed by atoms with van der Waals surface area (Å²) in [5, 5.41) is 3.78. The minimum absolute atomic E-state index is 0.300. The van der Waals surface area contributed by atoms with Gasteiger partial charge in [0.15, 0.2) is 0 Å². The van der Waals surface area contributed by atoms with Gasteiger partial charge >= 0.3 is 0 Å². The van der Waals surface area contributed by atoms with Crippen molar-refractivity contribution in [2.45, 2.75) is 59.2 Å². The lowest BCUT2D eigenvalue weighted by Gasteiger charge is -2.34. The molecule has 3 rings (SSSR count). The molecule has 0 spiro atoms. The molecule has 0 amide bonds. The molecule has 1 saturated heterocycles. The van der Waals surface area contributed by atoms with Crippen molar-refractivity contribution in [2.24, 2.45) is 0 Å².